The van der Waals surface area contributed by atoms with E-state index in [2.05, 4.69) is 24.8 Å². The largest absolute Gasteiger partial charge is 0.496 e. The van der Waals surface area contributed by atoms with Crippen molar-refractivity contribution in [2.45, 2.75) is 90.7 Å². The summed E-state index contributed by atoms with van der Waals surface area (Å²) in [7, 11) is 3.06. The van der Waals surface area contributed by atoms with Gasteiger partial charge in [0, 0.05) is 18.7 Å². The van der Waals surface area contributed by atoms with Gasteiger partial charge in [-0.3, -0.25) is 14.6 Å². The normalized spacial score (nSPS) is 23.8. The zero-order valence-corrected chi connectivity index (χ0v) is 26.9. The zero-order valence-electron chi connectivity index (χ0n) is 26.9. The summed E-state index contributed by atoms with van der Waals surface area (Å²) in [6, 6.07) is 9.20. The van der Waals surface area contributed by atoms with Crippen LogP contribution in [0.1, 0.15) is 86.8 Å². The average molecular weight is 629 g/mol. The van der Waals surface area contributed by atoms with Crippen LogP contribution in [0.25, 0.3) is 5.57 Å². The minimum Gasteiger partial charge on any atom is -0.496 e. The number of nitrogens with zero attached hydrogens (tertiary/aromatic N) is 2. The van der Waals surface area contributed by atoms with E-state index in [4.69, 9.17) is 14.2 Å². The molecule has 10 heteroatoms. The summed E-state index contributed by atoms with van der Waals surface area (Å²) in [5.41, 5.74) is 4.24. The van der Waals surface area contributed by atoms with Crippen LogP contribution in [0.4, 0.5) is 18.0 Å². The van der Waals surface area contributed by atoms with E-state index in [1.165, 1.54) is 7.11 Å². The molecule has 45 heavy (non-hydrogen) atoms. The molecule has 0 saturated carbocycles. The van der Waals surface area contributed by atoms with Crippen molar-refractivity contribution < 1.29 is 37.0 Å². The number of carbonyl (C=O) groups excluding carboxylic acids is 2. The van der Waals surface area contributed by atoms with Crippen LogP contribution in [-0.2, 0) is 27.0 Å². The summed E-state index contributed by atoms with van der Waals surface area (Å²) in [5.74, 6) is 0.511. The highest BCUT2D eigenvalue weighted by atomic mass is 19.4. The van der Waals surface area contributed by atoms with Gasteiger partial charge in [0.05, 0.1) is 25.8 Å². The Kier molecular flexibility index (Phi) is 9.27. The number of ether oxygens (including phenoxy) is 3. The standard InChI is InChI=1S/C35H43F3N2O5/c1-21-14-24(17-26(15-21)35(36,37)38)31-22(2)40(33(42)45-31)20-25-18-34(3,4)12-11-27(25)28-16-23(9-10-30(28)43-5)19-39-13-7-8-29(39)32(41)44-6/h9-10,14-17,22,29,31H,7-8,11-13,18-20H2,1-6H3/t22-,29-,31-/m0/s1. The molecule has 2 heterocycles. The molecule has 0 aromatic heterocycles. The summed E-state index contributed by atoms with van der Waals surface area (Å²) in [6.07, 6.45) is -1.68. The van der Waals surface area contributed by atoms with Crippen molar-refractivity contribution in [1.29, 1.82) is 0 Å². The molecule has 2 fully saturated rings. The first-order chi connectivity index (χ1) is 21.2. The average Bonchev–Trinajstić information content (AvgIpc) is 3.55. The molecule has 1 amide bonds. The van der Waals surface area contributed by atoms with Gasteiger partial charge >= 0.3 is 18.2 Å². The third-order valence-electron chi connectivity index (χ3n) is 9.49. The maximum Gasteiger partial charge on any atom is 0.416 e. The molecule has 0 spiro atoms. The summed E-state index contributed by atoms with van der Waals surface area (Å²) in [4.78, 5) is 29.4. The number of halogens is 3. The number of allylic oxidation sites excluding steroid dienone is 1. The lowest BCUT2D eigenvalue weighted by Gasteiger charge is -2.36. The van der Waals surface area contributed by atoms with E-state index in [1.807, 2.05) is 19.1 Å². The van der Waals surface area contributed by atoms with Crippen molar-refractivity contribution in [3.63, 3.8) is 0 Å². The van der Waals surface area contributed by atoms with Gasteiger partial charge in [-0.2, -0.15) is 13.2 Å². The van der Waals surface area contributed by atoms with E-state index in [9.17, 15) is 22.8 Å². The highest BCUT2D eigenvalue weighted by Crippen LogP contribution is 2.46. The molecule has 3 atom stereocenters. The Hall–Kier alpha value is -3.53. The second-order valence-corrected chi connectivity index (χ2v) is 13.4. The molecule has 0 N–H and O–H groups in total. The van der Waals surface area contributed by atoms with E-state index in [-0.39, 0.29) is 17.4 Å². The second-order valence-electron chi connectivity index (χ2n) is 13.4. The molecule has 5 rings (SSSR count). The van der Waals surface area contributed by atoms with Crippen molar-refractivity contribution in [2.24, 2.45) is 5.41 Å². The maximum atomic E-state index is 13.6. The van der Waals surface area contributed by atoms with Gasteiger partial charge in [0.2, 0.25) is 0 Å². The van der Waals surface area contributed by atoms with Crippen molar-refractivity contribution in [1.82, 2.24) is 9.80 Å². The number of hydrogen-bond donors (Lipinski definition) is 0. The fourth-order valence-electron chi connectivity index (χ4n) is 7.14. The molecule has 0 unspecified atom stereocenters. The highest BCUT2D eigenvalue weighted by Gasteiger charge is 2.42. The van der Waals surface area contributed by atoms with E-state index in [1.54, 1.807) is 25.0 Å². The maximum absolute atomic E-state index is 13.6. The van der Waals surface area contributed by atoms with Crippen LogP contribution in [0.2, 0.25) is 0 Å². The van der Waals surface area contributed by atoms with Gasteiger partial charge in [-0.25, -0.2) is 4.79 Å². The highest BCUT2D eigenvalue weighted by molar-refractivity contribution is 5.77. The van der Waals surface area contributed by atoms with Crippen molar-refractivity contribution >= 4 is 17.6 Å². The third-order valence-corrected chi connectivity index (χ3v) is 9.49. The minimum atomic E-state index is -4.50. The number of rotatable bonds is 8. The summed E-state index contributed by atoms with van der Waals surface area (Å²) in [6.45, 7) is 9.56. The summed E-state index contributed by atoms with van der Waals surface area (Å²) in [5, 5.41) is 0. The molecule has 244 valence electrons. The van der Waals surface area contributed by atoms with Crippen LogP contribution in [0.3, 0.4) is 0 Å². The van der Waals surface area contributed by atoms with Crippen LogP contribution >= 0.6 is 0 Å². The van der Waals surface area contributed by atoms with Gasteiger partial charge in [-0.15, -0.1) is 0 Å². The van der Waals surface area contributed by atoms with Gasteiger partial charge in [-0.05, 0) is 104 Å². The van der Waals surface area contributed by atoms with Gasteiger partial charge in [0.25, 0.3) is 0 Å². The number of benzene rings is 2. The van der Waals surface area contributed by atoms with Crippen molar-refractivity contribution in [3.8, 4) is 5.75 Å². The van der Waals surface area contributed by atoms with E-state index < -0.39 is 30.0 Å². The molecule has 0 bridgehead atoms. The van der Waals surface area contributed by atoms with Crippen LogP contribution in [0.15, 0.2) is 42.0 Å². The fraction of sp³-hybridized carbons (Fsp3) is 0.543. The lowest BCUT2D eigenvalue weighted by atomic mass is 9.72. The number of carbonyl (C=O) groups is 2. The molecule has 2 aromatic carbocycles. The molecular formula is C35H43F3N2O5. The number of hydrogen-bond acceptors (Lipinski definition) is 6. The lowest BCUT2D eigenvalue weighted by Crippen LogP contribution is -2.36. The Labute approximate surface area is 263 Å². The first-order valence-electron chi connectivity index (χ1n) is 15.6. The summed E-state index contributed by atoms with van der Waals surface area (Å²) >= 11 is 0. The molecule has 2 saturated heterocycles. The summed E-state index contributed by atoms with van der Waals surface area (Å²) < 4.78 is 57.4. The van der Waals surface area contributed by atoms with Gasteiger partial charge < -0.3 is 14.2 Å². The van der Waals surface area contributed by atoms with Crippen molar-refractivity contribution in [3.05, 3.63) is 69.8 Å². The number of aryl methyl sites for hydroxylation is 1. The molecule has 1 aliphatic carbocycles. The smallest absolute Gasteiger partial charge is 0.416 e. The Bertz CT molecular complexity index is 1480. The third kappa shape index (κ3) is 7.00. The number of alkyl halides is 3. The first kappa shape index (κ1) is 32.9. The fourth-order valence-corrected chi connectivity index (χ4v) is 7.14. The topological polar surface area (TPSA) is 68.3 Å². The van der Waals surface area contributed by atoms with Crippen molar-refractivity contribution in [2.75, 3.05) is 27.3 Å². The number of likely N-dealkylation sites (tertiary alicyclic amines) is 1. The second kappa shape index (κ2) is 12.7. The zero-order chi connectivity index (χ0) is 32.7. The lowest BCUT2D eigenvalue weighted by molar-refractivity contribution is -0.146. The Morgan fingerprint density at radius 2 is 1.87 bits per heavy atom. The van der Waals surface area contributed by atoms with E-state index >= 15 is 0 Å². The predicted molar refractivity (Wildman–Crippen MR) is 165 cm³/mol. The molecule has 2 aliphatic heterocycles. The molecule has 2 aromatic rings. The first-order valence-corrected chi connectivity index (χ1v) is 15.6. The van der Waals surface area contributed by atoms with Gasteiger partial charge in [0.1, 0.15) is 17.9 Å². The van der Waals surface area contributed by atoms with Crippen LogP contribution in [0, 0.1) is 12.3 Å². The van der Waals surface area contributed by atoms with Gasteiger partial charge in [-0.1, -0.05) is 31.5 Å². The van der Waals surface area contributed by atoms with E-state index in [0.29, 0.717) is 24.2 Å². The predicted octanol–water partition coefficient (Wildman–Crippen LogP) is 7.71. The molecule has 3 aliphatic rings. The minimum absolute atomic E-state index is 0.00259. The molecule has 7 nitrogen and oxygen atoms in total. The SMILES string of the molecule is COC(=O)[C@@H]1CCCN1Cc1ccc(OC)c(C2=C(CN3C(=O)O[C@H](c4cc(C)cc(C(F)(F)F)c4)[C@@H]3C)CC(C)(C)CC2)c1. The monoisotopic (exact) mass is 628 g/mol. The Morgan fingerprint density at radius 3 is 2.56 bits per heavy atom. The Balaban J connectivity index is 1.47. The number of methoxy groups -OCH3 is 2. The number of cyclic esters (lactones) is 1. The van der Waals surface area contributed by atoms with Crippen LogP contribution in [-0.4, -0.2) is 61.3 Å². The molecule has 0 radical (unpaired) electrons. The molecular weight excluding hydrogens is 585 g/mol. The van der Waals surface area contributed by atoms with Gasteiger partial charge in [0.15, 0.2) is 0 Å². The number of esters is 1. The quantitative estimate of drug-likeness (QED) is 0.279. The van der Waals surface area contributed by atoms with Crippen LogP contribution in [0.5, 0.6) is 5.75 Å². The number of amides is 1. The van der Waals surface area contributed by atoms with Crippen LogP contribution < -0.4 is 4.74 Å². The Morgan fingerprint density at radius 1 is 1.11 bits per heavy atom. The van der Waals surface area contributed by atoms with E-state index in [0.717, 1.165) is 78.8 Å².